The summed E-state index contributed by atoms with van der Waals surface area (Å²) >= 11 is 1.74. The van der Waals surface area contributed by atoms with Crippen molar-refractivity contribution < 1.29 is 9.90 Å². The fraction of sp³-hybridized carbons (Fsp3) is 0.533. The van der Waals surface area contributed by atoms with Gasteiger partial charge in [-0.15, -0.1) is 11.8 Å². The number of thioether (sulfide) groups is 1. The van der Waals surface area contributed by atoms with Crippen LogP contribution in [0.1, 0.15) is 24.8 Å². The molecule has 104 valence electrons. The fourth-order valence-electron chi connectivity index (χ4n) is 2.30. The predicted octanol–water partition coefficient (Wildman–Crippen LogP) is 1.99. The summed E-state index contributed by atoms with van der Waals surface area (Å²) in [6.45, 7) is -0.0159. The second-order valence-corrected chi connectivity index (χ2v) is 6.24. The average molecular weight is 279 g/mol. The Morgan fingerprint density at radius 1 is 1.37 bits per heavy atom. The smallest absolute Gasteiger partial charge is 0.233 e. The minimum absolute atomic E-state index is 0.0159. The molecule has 1 saturated heterocycles. The van der Waals surface area contributed by atoms with Gasteiger partial charge in [0.1, 0.15) is 0 Å². The molecule has 1 heterocycles. The van der Waals surface area contributed by atoms with E-state index in [1.54, 1.807) is 11.8 Å². The second-order valence-electron chi connectivity index (χ2n) is 4.93. The van der Waals surface area contributed by atoms with Crippen molar-refractivity contribution in [3.05, 3.63) is 35.9 Å². The average Bonchev–Trinajstić information content (AvgIpc) is 2.48. The van der Waals surface area contributed by atoms with E-state index < -0.39 is 0 Å². The van der Waals surface area contributed by atoms with E-state index >= 15 is 0 Å². The summed E-state index contributed by atoms with van der Waals surface area (Å²) in [5, 5.41) is 12.5. The molecule has 0 saturated carbocycles. The first-order valence-electron chi connectivity index (χ1n) is 6.86. The van der Waals surface area contributed by atoms with E-state index in [9.17, 15) is 9.90 Å². The van der Waals surface area contributed by atoms with Gasteiger partial charge >= 0.3 is 0 Å². The number of amides is 1. The molecule has 2 atom stereocenters. The molecule has 19 heavy (non-hydrogen) atoms. The Morgan fingerprint density at radius 2 is 2.16 bits per heavy atom. The molecule has 0 spiro atoms. The number of nitrogens with one attached hydrogen (secondary N) is 1. The number of hydrogen-bond acceptors (Lipinski definition) is 3. The normalized spacial score (nSPS) is 20.8. The maximum Gasteiger partial charge on any atom is 0.233 e. The molecule has 1 fully saturated rings. The van der Waals surface area contributed by atoms with Crippen LogP contribution < -0.4 is 5.32 Å². The first-order valence-corrected chi connectivity index (χ1v) is 7.91. The van der Waals surface area contributed by atoms with E-state index in [-0.39, 0.29) is 23.8 Å². The zero-order valence-electron chi connectivity index (χ0n) is 11.0. The molecule has 1 aromatic carbocycles. The van der Waals surface area contributed by atoms with Gasteiger partial charge in [-0.25, -0.2) is 0 Å². The second kappa shape index (κ2) is 7.56. The lowest BCUT2D eigenvalue weighted by atomic mass is 10.1. The van der Waals surface area contributed by atoms with Crippen molar-refractivity contribution in [3.63, 3.8) is 0 Å². The van der Waals surface area contributed by atoms with Crippen LogP contribution in [0.4, 0.5) is 0 Å². The summed E-state index contributed by atoms with van der Waals surface area (Å²) in [5.41, 5.74) is 1.14. The van der Waals surface area contributed by atoms with Crippen LogP contribution >= 0.6 is 11.8 Å². The monoisotopic (exact) mass is 279 g/mol. The molecule has 2 unspecified atom stereocenters. The molecule has 0 aliphatic carbocycles. The van der Waals surface area contributed by atoms with Crippen molar-refractivity contribution in [2.24, 2.45) is 0 Å². The van der Waals surface area contributed by atoms with E-state index in [2.05, 4.69) is 5.32 Å². The van der Waals surface area contributed by atoms with Crippen molar-refractivity contribution in [1.82, 2.24) is 5.32 Å². The zero-order chi connectivity index (χ0) is 13.5. The van der Waals surface area contributed by atoms with Gasteiger partial charge in [-0.05, 0) is 30.6 Å². The molecule has 1 aliphatic heterocycles. The largest absolute Gasteiger partial charge is 0.394 e. The number of aliphatic hydroxyl groups excluding tert-OH is 1. The molecule has 1 amide bonds. The van der Waals surface area contributed by atoms with Gasteiger partial charge in [-0.1, -0.05) is 36.8 Å². The van der Waals surface area contributed by atoms with Gasteiger partial charge in [-0.3, -0.25) is 4.79 Å². The molecular formula is C15H21NO2S. The van der Waals surface area contributed by atoms with E-state index in [1.165, 1.54) is 6.42 Å². The zero-order valence-corrected chi connectivity index (χ0v) is 11.9. The number of carbonyl (C=O) groups is 1. The van der Waals surface area contributed by atoms with Crippen LogP contribution in [0.5, 0.6) is 0 Å². The quantitative estimate of drug-likeness (QED) is 0.866. The van der Waals surface area contributed by atoms with Crippen LogP contribution in [0.3, 0.4) is 0 Å². The van der Waals surface area contributed by atoms with Crippen molar-refractivity contribution in [3.8, 4) is 0 Å². The van der Waals surface area contributed by atoms with Gasteiger partial charge in [0.05, 0.1) is 17.9 Å². The molecule has 2 N–H and O–H groups in total. The topological polar surface area (TPSA) is 49.3 Å². The molecule has 0 radical (unpaired) electrons. The Morgan fingerprint density at radius 3 is 2.79 bits per heavy atom. The SMILES string of the molecule is O=C(NC(CO)Cc1ccccc1)C1CCCCS1. The highest BCUT2D eigenvalue weighted by Crippen LogP contribution is 2.25. The minimum Gasteiger partial charge on any atom is -0.394 e. The molecule has 4 heteroatoms. The Bertz CT molecular complexity index is 390. The first-order chi connectivity index (χ1) is 9.29. The highest BCUT2D eigenvalue weighted by Gasteiger charge is 2.23. The standard InChI is InChI=1S/C15H21NO2S/c17-11-13(10-12-6-2-1-3-7-12)16-15(18)14-8-4-5-9-19-14/h1-3,6-7,13-14,17H,4-5,8-11H2,(H,16,18). The molecule has 0 bridgehead atoms. The Balaban J connectivity index is 1.86. The summed E-state index contributed by atoms with van der Waals surface area (Å²) in [6.07, 6.45) is 3.98. The predicted molar refractivity (Wildman–Crippen MR) is 79.3 cm³/mol. The van der Waals surface area contributed by atoms with Gasteiger partial charge in [-0.2, -0.15) is 0 Å². The number of carbonyl (C=O) groups excluding carboxylic acids is 1. The van der Waals surface area contributed by atoms with Gasteiger partial charge in [0, 0.05) is 0 Å². The number of aliphatic hydroxyl groups is 1. The molecular weight excluding hydrogens is 258 g/mol. The Labute approximate surface area is 118 Å². The summed E-state index contributed by atoms with van der Waals surface area (Å²) < 4.78 is 0. The number of rotatable bonds is 5. The van der Waals surface area contributed by atoms with Gasteiger partial charge in [0.15, 0.2) is 0 Å². The number of benzene rings is 1. The summed E-state index contributed by atoms with van der Waals surface area (Å²) in [6, 6.07) is 9.77. The van der Waals surface area contributed by atoms with Crippen LogP contribution in [0.15, 0.2) is 30.3 Å². The minimum atomic E-state index is -0.183. The summed E-state index contributed by atoms with van der Waals surface area (Å²) in [5.74, 6) is 1.15. The van der Waals surface area contributed by atoms with Gasteiger partial charge in [0.2, 0.25) is 5.91 Å². The van der Waals surface area contributed by atoms with Crippen LogP contribution in [-0.2, 0) is 11.2 Å². The summed E-state index contributed by atoms with van der Waals surface area (Å²) in [7, 11) is 0. The van der Waals surface area contributed by atoms with Crippen molar-refractivity contribution in [2.75, 3.05) is 12.4 Å². The third-order valence-electron chi connectivity index (χ3n) is 3.36. The van der Waals surface area contributed by atoms with E-state index in [0.717, 1.165) is 24.2 Å². The van der Waals surface area contributed by atoms with Crippen LogP contribution in [0.25, 0.3) is 0 Å². The molecule has 1 aromatic rings. The van der Waals surface area contributed by atoms with E-state index in [4.69, 9.17) is 0 Å². The van der Waals surface area contributed by atoms with E-state index in [0.29, 0.717) is 6.42 Å². The maximum atomic E-state index is 12.1. The third-order valence-corrected chi connectivity index (χ3v) is 4.74. The molecule has 3 nitrogen and oxygen atoms in total. The first kappa shape index (κ1) is 14.4. The third kappa shape index (κ3) is 4.55. The van der Waals surface area contributed by atoms with Crippen LogP contribution in [0, 0.1) is 0 Å². The highest BCUT2D eigenvalue weighted by atomic mass is 32.2. The lowest BCUT2D eigenvalue weighted by Gasteiger charge is -2.23. The fourth-order valence-corrected chi connectivity index (χ4v) is 3.51. The Kier molecular flexibility index (Phi) is 5.73. The lowest BCUT2D eigenvalue weighted by Crippen LogP contribution is -2.44. The van der Waals surface area contributed by atoms with E-state index in [1.807, 2.05) is 30.3 Å². The van der Waals surface area contributed by atoms with Crippen molar-refractivity contribution >= 4 is 17.7 Å². The molecule has 2 rings (SSSR count). The van der Waals surface area contributed by atoms with Gasteiger partial charge < -0.3 is 10.4 Å². The van der Waals surface area contributed by atoms with Crippen LogP contribution in [-0.4, -0.2) is 34.7 Å². The lowest BCUT2D eigenvalue weighted by molar-refractivity contribution is -0.121. The highest BCUT2D eigenvalue weighted by molar-refractivity contribution is 8.00. The van der Waals surface area contributed by atoms with Crippen molar-refractivity contribution in [1.29, 1.82) is 0 Å². The van der Waals surface area contributed by atoms with Gasteiger partial charge in [0.25, 0.3) is 0 Å². The molecule has 1 aliphatic rings. The van der Waals surface area contributed by atoms with Crippen LogP contribution in [0.2, 0.25) is 0 Å². The summed E-state index contributed by atoms with van der Waals surface area (Å²) in [4.78, 5) is 12.1. The maximum absolute atomic E-state index is 12.1. The Hall–Kier alpha value is -1.00. The number of hydrogen-bond donors (Lipinski definition) is 2. The van der Waals surface area contributed by atoms with Crippen molar-refractivity contribution in [2.45, 2.75) is 37.0 Å². The molecule has 0 aromatic heterocycles.